The van der Waals surface area contributed by atoms with Gasteiger partial charge in [0.1, 0.15) is 22.9 Å². The van der Waals surface area contributed by atoms with Crippen LogP contribution in [0.5, 0.6) is 11.5 Å². The Hall–Kier alpha value is -4.00. The van der Waals surface area contributed by atoms with Crippen LogP contribution in [0.1, 0.15) is 17.0 Å². The molecule has 0 bridgehead atoms. The monoisotopic (exact) mass is 397 g/mol. The van der Waals surface area contributed by atoms with Gasteiger partial charge in [0, 0.05) is 36.3 Å². The highest BCUT2D eigenvalue weighted by atomic mass is 16.5. The van der Waals surface area contributed by atoms with Crippen molar-refractivity contribution in [3.05, 3.63) is 90.5 Å². The van der Waals surface area contributed by atoms with E-state index >= 15 is 0 Å². The number of benzene rings is 2. The standard InChI is InChI=1S/C23H19N5O2/c29-23(26-12-14-28-13-9-18(27-28)19-15-24-10-11-25-19)22-16-5-1-3-7-20(16)30-21-8-4-2-6-17(21)22/h1-11,13,15,22H,12,14H2,(H,26,29). The smallest absolute Gasteiger partial charge is 0.232 e. The second-order valence-corrected chi connectivity index (χ2v) is 6.96. The summed E-state index contributed by atoms with van der Waals surface area (Å²) in [7, 11) is 0. The Morgan fingerprint density at radius 2 is 1.70 bits per heavy atom. The molecule has 0 radical (unpaired) electrons. The number of nitrogens with one attached hydrogen (secondary N) is 1. The molecule has 3 heterocycles. The minimum absolute atomic E-state index is 0.0560. The van der Waals surface area contributed by atoms with Crippen molar-refractivity contribution in [2.45, 2.75) is 12.5 Å². The Bertz CT molecular complexity index is 1140. The van der Waals surface area contributed by atoms with Crippen molar-refractivity contribution in [2.24, 2.45) is 0 Å². The van der Waals surface area contributed by atoms with E-state index in [-0.39, 0.29) is 5.91 Å². The Morgan fingerprint density at radius 1 is 0.967 bits per heavy atom. The van der Waals surface area contributed by atoms with Crippen molar-refractivity contribution in [3.63, 3.8) is 0 Å². The number of hydrogen-bond acceptors (Lipinski definition) is 5. The van der Waals surface area contributed by atoms with Crippen LogP contribution in [0, 0.1) is 0 Å². The molecule has 1 N–H and O–H groups in total. The quantitative estimate of drug-likeness (QED) is 0.558. The molecule has 0 fully saturated rings. The molecule has 2 aromatic carbocycles. The molecule has 0 unspecified atom stereocenters. The maximum atomic E-state index is 13.1. The van der Waals surface area contributed by atoms with Gasteiger partial charge in [0.25, 0.3) is 0 Å². The maximum Gasteiger partial charge on any atom is 0.232 e. The van der Waals surface area contributed by atoms with Crippen molar-refractivity contribution < 1.29 is 9.53 Å². The van der Waals surface area contributed by atoms with E-state index in [0.29, 0.717) is 13.1 Å². The summed E-state index contributed by atoms with van der Waals surface area (Å²) in [6.45, 7) is 1.01. The lowest BCUT2D eigenvalue weighted by atomic mass is 9.87. The van der Waals surface area contributed by atoms with Crippen LogP contribution in [0.25, 0.3) is 11.4 Å². The largest absolute Gasteiger partial charge is 0.457 e. The number of rotatable bonds is 5. The molecule has 4 aromatic rings. The number of ether oxygens (including phenoxy) is 1. The van der Waals surface area contributed by atoms with E-state index in [1.165, 1.54) is 0 Å². The molecule has 5 rings (SSSR count). The molecule has 1 aliphatic heterocycles. The third kappa shape index (κ3) is 3.41. The van der Waals surface area contributed by atoms with E-state index in [0.717, 1.165) is 34.0 Å². The summed E-state index contributed by atoms with van der Waals surface area (Å²) in [5.41, 5.74) is 3.22. The molecule has 148 valence electrons. The van der Waals surface area contributed by atoms with Crippen LogP contribution < -0.4 is 10.1 Å². The van der Waals surface area contributed by atoms with Crippen LogP contribution in [0.2, 0.25) is 0 Å². The van der Waals surface area contributed by atoms with Gasteiger partial charge in [-0.05, 0) is 18.2 Å². The van der Waals surface area contributed by atoms with E-state index < -0.39 is 5.92 Å². The van der Waals surface area contributed by atoms with Crippen LogP contribution >= 0.6 is 0 Å². The van der Waals surface area contributed by atoms with Gasteiger partial charge < -0.3 is 10.1 Å². The fourth-order valence-corrected chi connectivity index (χ4v) is 3.64. The number of fused-ring (bicyclic) bond motifs is 2. The third-order valence-corrected chi connectivity index (χ3v) is 5.05. The van der Waals surface area contributed by atoms with Crippen molar-refractivity contribution in [2.75, 3.05) is 6.54 Å². The zero-order chi connectivity index (χ0) is 20.3. The highest BCUT2D eigenvalue weighted by molar-refractivity contribution is 5.89. The SMILES string of the molecule is O=C(NCCn1ccc(-c2cnccn2)n1)C1c2ccccc2Oc2ccccc21. The molecular weight excluding hydrogens is 378 g/mol. The predicted octanol–water partition coefficient (Wildman–Crippen LogP) is 3.39. The van der Waals surface area contributed by atoms with E-state index in [2.05, 4.69) is 20.4 Å². The molecule has 7 heteroatoms. The topological polar surface area (TPSA) is 81.9 Å². The number of aromatic nitrogens is 4. The van der Waals surface area contributed by atoms with Crippen molar-refractivity contribution in [1.29, 1.82) is 0 Å². The molecule has 0 atom stereocenters. The minimum Gasteiger partial charge on any atom is -0.457 e. The van der Waals surface area contributed by atoms with E-state index in [1.807, 2.05) is 60.8 Å². The molecule has 1 amide bonds. The summed E-state index contributed by atoms with van der Waals surface area (Å²) in [5, 5.41) is 7.55. The first-order valence-corrected chi connectivity index (χ1v) is 9.73. The summed E-state index contributed by atoms with van der Waals surface area (Å²) in [6.07, 6.45) is 6.81. The van der Waals surface area contributed by atoms with Crippen molar-refractivity contribution in [1.82, 2.24) is 25.1 Å². The van der Waals surface area contributed by atoms with E-state index in [1.54, 1.807) is 23.3 Å². The van der Waals surface area contributed by atoms with Crippen molar-refractivity contribution in [3.8, 4) is 22.9 Å². The number of amides is 1. The normalized spacial score (nSPS) is 12.5. The van der Waals surface area contributed by atoms with Gasteiger partial charge in [-0.25, -0.2) is 0 Å². The highest BCUT2D eigenvalue weighted by Crippen LogP contribution is 2.43. The molecule has 0 saturated carbocycles. The fourth-order valence-electron chi connectivity index (χ4n) is 3.64. The van der Waals surface area contributed by atoms with Gasteiger partial charge in [0.05, 0.1) is 18.7 Å². The first-order valence-electron chi connectivity index (χ1n) is 9.73. The summed E-state index contributed by atoms with van der Waals surface area (Å²) in [5.74, 6) is 0.979. The lowest BCUT2D eigenvalue weighted by Gasteiger charge is -2.27. The fraction of sp³-hybridized carbons (Fsp3) is 0.130. The molecule has 1 aliphatic rings. The highest BCUT2D eigenvalue weighted by Gasteiger charge is 2.32. The average Bonchev–Trinajstić information content (AvgIpc) is 3.27. The molecule has 0 spiro atoms. The second-order valence-electron chi connectivity index (χ2n) is 6.96. The van der Waals surface area contributed by atoms with Gasteiger partial charge in [0.15, 0.2) is 0 Å². The zero-order valence-electron chi connectivity index (χ0n) is 16.1. The number of carbonyl (C=O) groups excluding carboxylic acids is 1. The van der Waals surface area contributed by atoms with Crippen LogP contribution in [-0.4, -0.2) is 32.2 Å². The van der Waals surface area contributed by atoms with Gasteiger partial charge in [-0.15, -0.1) is 0 Å². The Morgan fingerprint density at radius 3 is 2.40 bits per heavy atom. The molecule has 0 aliphatic carbocycles. The van der Waals surface area contributed by atoms with E-state index in [9.17, 15) is 4.79 Å². The predicted molar refractivity (Wildman–Crippen MR) is 111 cm³/mol. The van der Waals surface area contributed by atoms with Crippen LogP contribution in [-0.2, 0) is 11.3 Å². The van der Waals surface area contributed by atoms with Gasteiger partial charge in [-0.2, -0.15) is 5.10 Å². The van der Waals surface area contributed by atoms with Crippen LogP contribution in [0.15, 0.2) is 79.4 Å². The van der Waals surface area contributed by atoms with Gasteiger partial charge in [0.2, 0.25) is 5.91 Å². The van der Waals surface area contributed by atoms with Crippen LogP contribution in [0.3, 0.4) is 0 Å². The lowest BCUT2D eigenvalue weighted by molar-refractivity contribution is -0.121. The number of carbonyl (C=O) groups is 1. The van der Waals surface area contributed by atoms with Gasteiger partial charge >= 0.3 is 0 Å². The first-order chi connectivity index (χ1) is 14.8. The Kier molecular flexibility index (Phi) is 4.69. The minimum atomic E-state index is -0.404. The summed E-state index contributed by atoms with van der Waals surface area (Å²) < 4.78 is 7.76. The first kappa shape index (κ1) is 18.1. The summed E-state index contributed by atoms with van der Waals surface area (Å²) in [4.78, 5) is 21.4. The lowest BCUT2D eigenvalue weighted by Crippen LogP contribution is -2.33. The number of para-hydroxylation sites is 2. The Balaban J connectivity index is 1.29. The third-order valence-electron chi connectivity index (χ3n) is 5.05. The maximum absolute atomic E-state index is 13.1. The van der Waals surface area contributed by atoms with Crippen molar-refractivity contribution >= 4 is 5.91 Å². The van der Waals surface area contributed by atoms with Gasteiger partial charge in [-0.1, -0.05) is 36.4 Å². The zero-order valence-corrected chi connectivity index (χ0v) is 16.1. The molecule has 0 saturated heterocycles. The van der Waals surface area contributed by atoms with E-state index in [4.69, 9.17) is 4.74 Å². The number of hydrogen-bond donors (Lipinski definition) is 1. The van der Waals surface area contributed by atoms with Gasteiger partial charge in [-0.3, -0.25) is 19.4 Å². The summed E-state index contributed by atoms with van der Waals surface area (Å²) >= 11 is 0. The molecule has 30 heavy (non-hydrogen) atoms. The summed E-state index contributed by atoms with van der Waals surface area (Å²) in [6, 6.07) is 17.2. The molecule has 7 nitrogen and oxygen atoms in total. The van der Waals surface area contributed by atoms with Crippen LogP contribution in [0.4, 0.5) is 0 Å². The number of nitrogens with zero attached hydrogens (tertiary/aromatic N) is 4. The second kappa shape index (κ2) is 7.79. The molecular formula is C23H19N5O2. The average molecular weight is 397 g/mol. The Labute approximate surface area is 173 Å². The molecule has 2 aromatic heterocycles.